The lowest BCUT2D eigenvalue weighted by atomic mass is 10.1. The molecule has 1 atom stereocenters. The van der Waals surface area contributed by atoms with Gasteiger partial charge >= 0.3 is 0 Å². The molecule has 0 radical (unpaired) electrons. The van der Waals surface area contributed by atoms with Crippen molar-refractivity contribution >= 4 is 33.2 Å². The lowest BCUT2D eigenvalue weighted by Gasteiger charge is -2.15. The summed E-state index contributed by atoms with van der Waals surface area (Å²) in [6, 6.07) is 18.1. The number of anilines is 1. The van der Waals surface area contributed by atoms with Crippen molar-refractivity contribution in [2.75, 3.05) is 11.3 Å². The van der Waals surface area contributed by atoms with E-state index in [1.165, 1.54) is 30.3 Å². The first-order valence-electron chi connectivity index (χ1n) is 9.29. The Morgan fingerprint density at radius 1 is 1.06 bits per heavy atom. The van der Waals surface area contributed by atoms with Gasteiger partial charge in [-0.25, -0.2) is 12.8 Å². The van der Waals surface area contributed by atoms with Gasteiger partial charge in [0.15, 0.2) is 6.61 Å². The molecule has 0 fully saturated rings. The Morgan fingerprint density at radius 2 is 1.74 bits per heavy atom. The second-order valence-corrected chi connectivity index (χ2v) is 8.78. The summed E-state index contributed by atoms with van der Waals surface area (Å²) < 4.78 is 45.8. The van der Waals surface area contributed by atoms with Gasteiger partial charge in [-0.2, -0.15) is 0 Å². The second kappa shape index (κ2) is 9.80. The van der Waals surface area contributed by atoms with E-state index in [0.717, 1.165) is 17.7 Å². The zero-order valence-corrected chi connectivity index (χ0v) is 18.1. The number of hydrogen-bond donors (Lipinski definition) is 2. The summed E-state index contributed by atoms with van der Waals surface area (Å²) >= 11 is 6.15. The van der Waals surface area contributed by atoms with Gasteiger partial charge in [0.25, 0.3) is 15.9 Å². The van der Waals surface area contributed by atoms with Gasteiger partial charge < -0.3 is 10.1 Å². The first-order chi connectivity index (χ1) is 14.7. The van der Waals surface area contributed by atoms with E-state index in [2.05, 4.69) is 10.0 Å². The van der Waals surface area contributed by atoms with Crippen molar-refractivity contribution in [3.05, 3.63) is 89.2 Å². The third-order valence-corrected chi connectivity index (χ3v) is 6.02. The Bertz CT molecular complexity index is 1160. The fourth-order valence-corrected chi connectivity index (χ4v) is 4.13. The second-order valence-electron chi connectivity index (χ2n) is 6.69. The molecule has 2 N–H and O–H groups in total. The minimum Gasteiger partial charge on any atom is -0.482 e. The highest BCUT2D eigenvalue weighted by Crippen LogP contribution is 2.28. The molecule has 162 valence electrons. The van der Waals surface area contributed by atoms with Gasteiger partial charge in [0.1, 0.15) is 11.6 Å². The van der Waals surface area contributed by atoms with Crippen LogP contribution in [0.2, 0.25) is 5.02 Å². The fourth-order valence-electron chi connectivity index (χ4n) is 2.75. The number of halogens is 2. The van der Waals surface area contributed by atoms with Crippen LogP contribution in [0.4, 0.5) is 10.1 Å². The van der Waals surface area contributed by atoms with Crippen LogP contribution >= 0.6 is 11.6 Å². The number of benzene rings is 3. The largest absolute Gasteiger partial charge is 0.482 e. The molecule has 0 aromatic heterocycles. The van der Waals surface area contributed by atoms with Crippen LogP contribution in [0, 0.1) is 5.82 Å². The standard InChI is InChI=1S/C22H20ClFN2O4S/c1-15(16-5-3-2-4-6-16)25-22(27)14-30-21-12-11-19(13-20(21)23)31(28,29)26-18-9-7-17(24)8-10-18/h2-13,15,26H,14H2,1H3,(H,25,27)/t15-/m1/s1. The van der Waals surface area contributed by atoms with Crippen LogP contribution in [-0.4, -0.2) is 20.9 Å². The summed E-state index contributed by atoms with van der Waals surface area (Å²) in [5.41, 5.74) is 1.17. The van der Waals surface area contributed by atoms with E-state index in [9.17, 15) is 17.6 Å². The number of sulfonamides is 1. The minimum absolute atomic E-state index is 0.0332. The molecular formula is C22H20ClFN2O4S. The highest BCUT2D eigenvalue weighted by Gasteiger charge is 2.17. The number of hydrogen-bond acceptors (Lipinski definition) is 4. The molecule has 6 nitrogen and oxygen atoms in total. The Morgan fingerprint density at radius 3 is 2.39 bits per heavy atom. The third-order valence-electron chi connectivity index (χ3n) is 4.35. The lowest BCUT2D eigenvalue weighted by molar-refractivity contribution is -0.123. The molecule has 0 aliphatic heterocycles. The van der Waals surface area contributed by atoms with Crippen LogP contribution in [0.3, 0.4) is 0 Å². The maximum Gasteiger partial charge on any atom is 0.261 e. The molecular weight excluding hydrogens is 443 g/mol. The van der Waals surface area contributed by atoms with Crippen LogP contribution in [0.25, 0.3) is 0 Å². The Kier molecular flexibility index (Phi) is 7.14. The maximum atomic E-state index is 13.0. The smallest absolute Gasteiger partial charge is 0.261 e. The van der Waals surface area contributed by atoms with E-state index in [1.54, 1.807) is 0 Å². The number of nitrogens with one attached hydrogen (secondary N) is 2. The van der Waals surface area contributed by atoms with Gasteiger partial charge in [-0.15, -0.1) is 0 Å². The maximum absolute atomic E-state index is 13.0. The highest BCUT2D eigenvalue weighted by molar-refractivity contribution is 7.92. The SMILES string of the molecule is C[C@@H](NC(=O)COc1ccc(S(=O)(=O)Nc2ccc(F)cc2)cc1Cl)c1ccccc1. The van der Waals surface area contributed by atoms with Crippen LogP contribution in [-0.2, 0) is 14.8 Å². The molecule has 0 spiro atoms. The summed E-state index contributed by atoms with van der Waals surface area (Å²) in [4.78, 5) is 12.1. The van der Waals surface area contributed by atoms with E-state index in [-0.39, 0.29) is 39.9 Å². The molecule has 0 saturated carbocycles. The van der Waals surface area contributed by atoms with E-state index in [1.807, 2.05) is 37.3 Å². The van der Waals surface area contributed by atoms with Gasteiger partial charge in [0.2, 0.25) is 0 Å². The van der Waals surface area contributed by atoms with Gasteiger partial charge in [-0.05, 0) is 55.0 Å². The quantitative estimate of drug-likeness (QED) is 0.515. The van der Waals surface area contributed by atoms with E-state index >= 15 is 0 Å². The summed E-state index contributed by atoms with van der Waals surface area (Å²) in [6.07, 6.45) is 0. The zero-order chi connectivity index (χ0) is 22.4. The topological polar surface area (TPSA) is 84.5 Å². The van der Waals surface area contributed by atoms with Gasteiger partial charge in [-0.1, -0.05) is 41.9 Å². The van der Waals surface area contributed by atoms with Gasteiger partial charge in [-0.3, -0.25) is 9.52 Å². The minimum atomic E-state index is -3.93. The molecule has 0 unspecified atom stereocenters. The molecule has 3 rings (SSSR count). The summed E-state index contributed by atoms with van der Waals surface area (Å²) in [6.45, 7) is 1.57. The zero-order valence-electron chi connectivity index (χ0n) is 16.5. The van der Waals surface area contributed by atoms with Crippen molar-refractivity contribution in [3.8, 4) is 5.75 Å². The molecule has 1 amide bonds. The number of rotatable bonds is 8. The van der Waals surface area contributed by atoms with Crippen molar-refractivity contribution < 1.29 is 22.3 Å². The van der Waals surface area contributed by atoms with E-state index < -0.39 is 15.8 Å². The van der Waals surface area contributed by atoms with E-state index in [0.29, 0.717) is 0 Å². The first kappa shape index (κ1) is 22.6. The van der Waals surface area contributed by atoms with Gasteiger partial charge in [0, 0.05) is 5.69 Å². The molecule has 3 aromatic carbocycles. The molecule has 31 heavy (non-hydrogen) atoms. The predicted octanol–water partition coefficient (Wildman–Crippen LogP) is 4.54. The third kappa shape index (κ3) is 6.19. The number of carbonyl (C=O) groups excluding carboxylic acids is 1. The summed E-state index contributed by atoms with van der Waals surface area (Å²) in [5.74, 6) is -0.651. The summed E-state index contributed by atoms with van der Waals surface area (Å²) in [7, 11) is -3.93. The van der Waals surface area contributed by atoms with Crippen LogP contribution in [0.1, 0.15) is 18.5 Å². The highest BCUT2D eigenvalue weighted by atomic mass is 35.5. The summed E-state index contributed by atoms with van der Waals surface area (Å²) in [5, 5.41) is 2.85. The number of amides is 1. The normalized spacial score (nSPS) is 12.1. The Balaban J connectivity index is 1.61. The molecule has 0 aliphatic rings. The average Bonchev–Trinajstić information content (AvgIpc) is 2.75. The van der Waals surface area contributed by atoms with Crippen LogP contribution < -0.4 is 14.8 Å². The van der Waals surface area contributed by atoms with Gasteiger partial charge in [0.05, 0.1) is 16.0 Å². The average molecular weight is 463 g/mol. The number of ether oxygens (including phenoxy) is 1. The molecule has 3 aromatic rings. The molecule has 0 heterocycles. The van der Waals surface area contributed by atoms with Crippen molar-refractivity contribution in [3.63, 3.8) is 0 Å². The molecule has 0 aliphatic carbocycles. The first-order valence-corrected chi connectivity index (χ1v) is 11.2. The van der Waals surface area contributed by atoms with Crippen LogP contribution in [0.15, 0.2) is 77.7 Å². The van der Waals surface area contributed by atoms with Crippen molar-refractivity contribution in [1.29, 1.82) is 0 Å². The molecule has 9 heteroatoms. The van der Waals surface area contributed by atoms with E-state index in [4.69, 9.17) is 16.3 Å². The Labute approximate surface area is 185 Å². The lowest BCUT2D eigenvalue weighted by Crippen LogP contribution is -2.31. The van der Waals surface area contributed by atoms with Crippen molar-refractivity contribution in [2.45, 2.75) is 17.9 Å². The predicted molar refractivity (Wildman–Crippen MR) is 117 cm³/mol. The fraction of sp³-hybridized carbons (Fsp3) is 0.136. The molecule has 0 saturated heterocycles. The Hall–Kier alpha value is -3.10. The van der Waals surface area contributed by atoms with Crippen LogP contribution in [0.5, 0.6) is 5.75 Å². The van der Waals surface area contributed by atoms with Crippen molar-refractivity contribution in [2.24, 2.45) is 0 Å². The van der Waals surface area contributed by atoms with Crippen molar-refractivity contribution in [1.82, 2.24) is 5.32 Å². The number of carbonyl (C=O) groups is 1. The monoisotopic (exact) mass is 462 g/mol. The molecule has 0 bridgehead atoms.